The van der Waals surface area contributed by atoms with Gasteiger partial charge < -0.3 is 11.5 Å². The maximum atomic E-state index is 5.33. The molecule has 0 bridgehead atoms. The minimum atomic E-state index is 0.396. The first-order valence-electron chi connectivity index (χ1n) is 3.02. The lowest BCUT2D eigenvalue weighted by atomic mass is 10.4. The lowest BCUT2D eigenvalue weighted by Gasteiger charge is -1.91. The topological polar surface area (TPSA) is 64.4 Å². The van der Waals surface area contributed by atoms with E-state index in [0.29, 0.717) is 12.2 Å². The molecule has 56 valence electrons. The molecule has 0 aliphatic carbocycles. The van der Waals surface area contributed by atoms with Gasteiger partial charge in [-0.25, -0.2) is 0 Å². The predicted molar refractivity (Wildman–Crippen MR) is 44.6 cm³/mol. The molecule has 10 heavy (non-hydrogen) atoms. The molecule has 3 nitrogen and oxygen atoms in total. The molecule has 3 heteroatoms. The van der Waals surface area contributed by atoms with Crippen LogP contribution in [0, 0.1) is 0 Å². The zero-order valence-electron chi connectivity index (χ0n) is 6.17. The molecule has 0 aromatic rings. The Hall–Kier alpha value is -1.09. The van der Waals surface area contributed by atoms with Gasteiger partial charge in [-0.15, -0.1) is 0 Å². The predicted octanol–water partition coefficient (Wildman–Crippen LogP) is 0.392. The quantitative estimate of drug-likeness (QED) is 0.555. The number of nitrogens with zero attached hydrogens (tertiary/aromatic N) is 1. The van der Waals surface area contributed by atoms with Crippen LogP contribution in [0.4, 0.5) is 0 Å². The van der Waals surface area contributed by atoms with Crippen LogP contribution < -0.4 is 11.5 Å². The minimum absolute atomic E-state index is 0.396. The number of hydrogen-bond acceptors (Lipinski definition) is 3. The Kier molecular flexibility index (Phi) is 4.24. The van der Waals surface area contributed by atoms with Crippen molar-refractivity contribution in [3.63, 3.8) is 0 Å². The van der Waals surface area contributed by atoms with Crippen molar-refractivity contribution >= 4 is 5.71 Å². The first-order chi connectivity index (χ1) is 4.70. The van der Waals surface area contributed by atoms with Gasteiger partial charge in [-0.05, 0) is 13.0 Å². The first kappa shape index (κ1) is 8.91. The van der Waals surface area contributed by atoms with Crippen molar-refractivity contribution in [2.24, 2.45) is 16.5 Å². The van der Waals surface area contributed by atoms with Gasteiger partial charge in [-0.1, -0.05) is 6.58 Å². The van der Waals surface area contributed by atoms with Crippen LogP contribution in [0.5, 0.6) is 0 Å². The third kappa shape index (κ3) is 3.86. The standard InChI is InChI=1S/C7H13N3/c1-3-7(4-8)10-5-6(2)9/h3,5H,1,4,8-9H2,2H3/b6-5-,10-7+. The van der Waals surface area contributed by atoms with E-state index >= 15 is 0 Å². The van der Waals surface area contributed by atoms with E-state index in [1.807, 2.05) is 0 Å². The fourth-order valence-electron chi connectivity index (χ4n) is 0.373. The van der Waals surface area contributed by atoms with Crippen molar-refractivity contribution in [2.75, 3.05) is 6.54 Å². The van der Waals surface area contributed by atoms with E-state index in [4.69, 9.17) is 11.5 Å². The van der Waals surface area contributed by atoms with Crippen LogP contribution in [0.15, 0.2) is 29.5 Å². The number of aliphatic imine (C=N–C) groups is 1. The van der Waals surface area contributed by atoms with Crippen LogP contribution in [0.1, 0.15) is 6.92 Å². The highest BCUT2D eigenvalue weighted by atomic mass is 14.8. The first-order valence-corrected chi connectivity index (χ1v) is 3.02. The van der Waals surface area contributed by atoms with E-state index < -0.39 is 0 Å². The van der Waals surface area contributed by atoms with E-state index in [9.17, 15) is 0 Å². The molecule has 0 amide bonds. The summed E-state index contributed by atoms with van der Waals surface area (Å²) in [6, 6.07) is 0. The van der Waals surface area contributed by atoms with Gasteiger partial charge in [0.1, 0.15) is 0 Å². The summed E-state index contributed by atoms with van der Waals surface area (Å²) in [6.07, 6.45) is 3.17. The minimum Gasteiger partial charge on any atom is -0.401 e. The number of rotatable bonds is 3. The van der Waals surface area contributed by atoms with Gasteiger partial charge in [0.15, 0.2) is 0 Å². The highest BCUT2D eigenvalue weighted by Gasteiger charge is 1.83. The molecule has 0 rings (SSSR count). The Morgan fingerprint density at radius 1 is 1.70 bits per heavy atom. The van der Waals surface area contributed by atoms with Crippen molar-refractivity contribution in [1.82, 2.24) is 0 Å². The molecule has 0 spiro atoms. The summed E-state index contributed by atoms with van der Waals surface area (Å²) in [7, 11) is 0. The molecular formula is C7H13N3. The van der Waals surface area contributed by atoms with Crippen LogP contribution in [-0.4, -0.2) is 12.3 Å². The second-order valence-electron chi connectivity index (χ2n) is 1.90. The van der Waals surface area contributed by atoms with Gasteiger partial charge in [-0.3, -0.25) is 4.99 Å². The Balaban J connectivity index is 4.12. The van der Waals surface area contributed by atoms with Crippen molar-refractivity contribution in [2.45, 2.75) is 6.92 Å². The SMILES string of the molecule is C=C/C(CN)=N\C=C(\C)N. The Morgan fingerprint density at radius 2 is 2.30 bits per heavy atom. The summed E-state index contributed by atoms with van der Waals surface area (Å²) < 4.78 is 0. The molecule has 0 aromatic carbocycles. The third-order valence-electron chi connectivity index (χ3n) is 0.879. The Bertz CT molecular complexity index is 164. The molecule has 0 unspecified atom stereocenters. The maximum absolute atomic E-state index is 5.33. The van der Waals surface area contributed by atoms with E-state index in [0.717, 1.165) is 5.71 Å². The molecule has 0 saturated carbocycles. The average Bonchev–Trinajstić information content (AvgIpc) is 1.90. The molecule has 0 heterocycles. The highest BCUT2D eigenvalue weighted by Crippen LogP contribution is 1.83. The summed E-state index contributed by atoms with van der Waals surface area (Å²) >= 11 is 0. The Labute approximate surface area is 61.1 Å². The number of nitrogens with two attached hydrogens (primary N) is 2. The van der Waals surface area contributed by atoms with Gasteiger partial charge in [0.2, 0.25) is 0 Å². The molecule has 0 aliphatic heterocycles. The fourth-order valence-corrected chi connectivity index (χ4v) is 0.373. The van der Waals surface area contributed by atoms with Crippen molar-refractivity contribution in [3.8, 4) is 0 Å². The van der Waals surface area contributed by atoms with E-state index in [1.54, 1.807) is 19.2 Å². The number of hydrogen-bond donors (Lipinski definition) is 2. The molecule has 0 aromatic heterocycles. The van der Waals surface area contributed by atoms with Crippen LogP contribution in [0.2, 0.25) is 0 Å². The van der Waals surface area contributed by atoms with E-state index in [2.05, 4.69) is 11.6 Å². The lowest BCUT2D eigenvalue weighted by Crippen LogP contribution is -2.10. The zero-order valence-corrected chi connectivity index (χ0v) is 6.17. The molecule has 4 N–H and O–H groups in total. The summed E-state index contributed by atoms with van der Waals surface area (Å²) in [5, 5.41) is 0. The van der Waals surface area contributed by atoms with Crippen molar-refractivity contribution < 1.29 is 0 Å². The van der Waals surface area contributed by atoms with Crippen molar-refractivity contribution in [3.05, 3.63) is 24.6 Å². The molecule has 0 aliphatic rings. The smallest absolute Gasteiger partial charge is 0.0534 e. The third-order valence-corrected chi connectivity index (χ3v) is 0.879. The molecule has 0 saturated heterocycles. The van der Waals surface area contributed by atoms with Gasteiger partial charge in [0, 0.05) is 18.4 Å². The summed E-state index contributed by atoms with van der Waals surface area (Å²) in [6.45, 7) is 5.69. The summed E-state index contributed by atoms with van der Waals surface area (Å²) in [5.41, 5.74) is 12.0. The van der Waals surface area contributed by atoms with Crippen LogP contribution in [0.25, 0.3) is 0 Å². The second-order valence-corrected chi connectivity index (χ2v) is 1.90. The molecule has 0 fully saturated rings. The van der Waals surface area contributed by atoms with Crippen LogP contribution in [0.3, 0.4) is 0 Å². The Morgan fingerprint density at radius 3 is 2.60 bits per heavy atom. The van der Waals surface area contributed by atoms with Crippen LogP contribution >= 0.6 is 0 Å². The highest BCUT2D eigenvalue weighted by molar-refractivity contribution is 5.96. The van der Waals surface area contributed by atoms with Gasteiger partial charge in [-0.2, -0.15) is 0 Å². The molecule has 0 atom stereocenters. The maximum Gasteiger partial charge on any atom is 0.0534 e. The number of allylic oxidation sites excluding steroid dienone is 1. The summed E-state index contributed by atoms with van der Waals surface area (Å²) in [5.74, 6) is 0. The second kappa shape index (κ2) is 4.76. The monoisotopic (exact) mass is 139 g/mol. The van der Waals surface area contributed by atoms with Crippen molar-refractivity contribution in [1.29, 1.82) is 0 Å². The average molecular weight is 139 g/mol. The van der Waals surface area contributed by atoms with Gasteiger partial charge in [0.25, 0.3) is 0 Å². The zero-order chi connectivity index (χ0) is 7.98. The largest absolute Gasteiger partial charge is 0.401 e. The molecular weight excluding hydrogens is 126 g/mol. The normalized spacial score (nSPS) is 13.4. The van der Waals surface area contributed by atoms with E-state index in [-0.39, 0.29) is 0 Å². The summed E-state index contributed by atoms with van der Waals surface area (Å²) in [4.78, 5) is 3.95. The fraction of sp³-hybridized carbons (Fsp3) is 0.286. The van der Waals surface area contributed by atoms with Gasteiger partial charge in [0.05, 0.1) is 5.71 Å². The molecule has 0 radical (unpaired) electrons. The van der Waals surface area contributed by atoms with Gasteiger partial charge >= 0.3 is 0 Å². The van der Waals surface area contributed by atoms with E-state index in [1.165, 1.54) is 0 Å². The lowest BCUT2D eigenvalue weighted by molar-refractivity contribution is 1.25. The van der Waals surface area contributed by atoms with Crippen LogP contribution in [-0.2, 0) is 0 Å².